The third-order valence-corrected chi connectivity index (χ3v) is 6.80. The number of fused-ring (bicyclic) bond motifs is 1. The van der Waals surface area contributed by atoms with Crippen molar-refractivity contribution in [3.63, 3.8) is 0 Å². The highest BCUT2D eigenvalue weighted by atomic mass is 35.5. The Hall–Kier alpha value is -2.73. The molecule has 1 heterocycles. The average Bonchev–Trinajstić information content (AvgIpc) is 2.79. The number of rotatable bonds is 6. The zero-order chi connectivity index (χ0) is 24.4. The third kappa shape index (κ3) is 5.33. The number of para-hydroxylation sites is 1. The predicted octanol–water partition coefficient (Wildman–Crippen LogP) is 6.25. The van der Waals surface area contributed by atoms with Gasteiger partial charge in [-0.15, -0.1) is 0 Å². The number of nitrogens with two attached hydrogens (primary N) is 1. The number of hydrogen-bond acceptors (Lipinski definition) is 4. The van der Waals surface area contributed by atoms with Crippen molar-refractivity contribution in [2.75, 3.05) is 11.9 Å². The van der Waals surface area contributed by atoms with E-state index in [2.05, 4.69) is 43.5 Å². The largest absolute Gasteiger partial charge is 0.454 e. The number of carbonyl (C=O) groups excluding carboxylic acids is 1. The van der Waals surface area contributed by atoms with E-state index in [1.165, 1.54) is 5.56 Å². The Morgan fingerprint density at radius 1 is 1.12 bits per heavy atom. The summed E-state index contributed by atoms with van der Waals surface area (Å²) >= 11 is 12.5. The highest BCUT2D eigenvalue weighted by molar-refractivity contribution is 6.37. The van der Waals surface area contributed by atoms with Crippen LogP contribution in [0.15, 0.2) is 48.5 Å². The van der Waals surface area contributed by atoms with Gasteiger partial charge in [0.1, 0.15) is 5.75 Å². The molecule has 2 atom stereocenters. The first-order chi connectivity index (χ1) is 16.2. The molecular weight excluding hydrogens is 469 g/mol. The van der Waals surface area contributed by atoms with Crippen molar-refractivity contribution in [2.45, 2.75) is 45.7 Å². The number of carbonyl (C=O) groups is 1. The minimum absolute atomic E-state index is 0.169. The van der Waals surface area contributed by atoms with Crippen molar-refractivity contribution >= 4 is 34.8 Å². The van der Waals surface area contributed by atoms with Gasteiger partial charge in [0.25, 0.3) is 0 Å². The Balaban J connectivity index is 1.51. The Labute approximate surface area is 210 Å². The first kappa shape index (κ1) is 24.4. The first-order valence-corrected chi connectivity index (χ1v) is 12.1. The standard InChI is InChI=1S/C27H29Cl2N3O2/c1-15-11-16(2)19(17(3)12-15)14-23(30)27(33)32-25-9-10-31-24-8-7-18(13-20(24)25)34-26-21(28)5-4-6-22(26)29/h4-8,11-13,23,25,31H,9-10,14,30H2,1-3H3,(H,32,33). The van der Waals surface area contributed by atoms with Crippen LogP contribution in [0.5, 0.6) is 11.5 Å². The predicted molar refractivity (Wildman–Crippen MR) is 139 cm³/mol. The summed E-state index contributed by atoms with van der Waals surface area (Å²) in [6, 6.07) is 14.4. The summed E-state index contributed by atoms with van der Waals surface area (Å²) in [5, 5.41) is 7.39. The van der Waals surface area contributed by atoms with Crippen LogP contribution in [0.4, 0.5) is 5.69 Å². The lowest BCUT2D eigenvalue weighted by Crippen LogP contribution is -2.44. The fourth-order valence-electron chi connectivity index (χ4n) is 4.53. The van der Waals surface area contributed by atoms with E-state index in [1.807, 2.05) is 18.2 Å². The second kappa shape index (κ2) is 10.3. The van der Waals surface area contributed by atoms with E-state index < -0.39 is 6.04 Å². The molecule has 0 spiro atoms. The van der Waals surface area contributed by atoms with Crippen molar-refractivity contribution < 1.29 is 9.53 Å². The SMILES string of the molecule is Cc1cc(C)c(CC(N)C(=O)NC2CCNc3ccc(Oc4c(Cl)cccc4Cl)cc32)c(C)c1. The highest BCUT2D eigenvalue weighted by Gasteiger charge is 2.25. The minimum Gasteiger partial charge on any atom is -0.454 e. The van der Waals surface area contributed by atoms with Crippen LogP contribution in [0.25, 0.3) is 0 Å². The lowest BCUT2D eigenvalue weighted by molar-refractivity contribution is -0.123. The third-order valence-electron chi connectivity index (χ3n) is 6.20. The van der Waals surface area contributed by atoms with Gasteiger partial charge >= 0.3 is 0 Å². The average molecular weight is 498 g/mol. The van der Waals surface area contributed by atoms with Crippen LogP contribution < -0.4 is 21.1 Å². The van der Waals surface area contributed by atoms with E-state index in [0.29, 0.717) is 28.0 Å². The molecule has 1 aliphatic heterocycles. The van der Waals surface area contributed by atoms with Gasteiger partial charge in [-0.2, -0.15) is 0 Å². The zero-order valence-corrected chi connectivity index (χ0v) is 21.1. The molecule has 0 fully saturated rings. The number of hydrogen-bond donors (Lipinski definition) is 3. The summed E-state index contributed by atoms with van der Waals surface area (Å²) in [6.07, 6.45) is 1.24. The second-order valence-electron chi connectivity index (χ2n) is 8.87. The summed E-state index contributed by atoms with van der Waals surface area (Å²) < 4.78 is 5.99. The van der Waals surface area contributed by atoms with Crippen LogP contribution in [0.1, 0.15) is 40.3 Å². The molecule has 0 saturated carbocycles. The number of halogens is 2. The maximum Gasteiger partial charge on any atom is 0.237 e. The van der Waals surface area contributed by atoms with E-state index >= 15 is 0 Å². The van der Waals surface area contributed by atoms with Crippen LogP contribution in [0.3, 0.4) is 0 Å². The molecule has 34 heavy (non-hydrogen) atoms. The summed E-state index contributed by atoms with van der Waals surface area (Å²) in [4.78, 5) is 13.1. The Morgan fingerprint density at radius 2 is 1.79 bits per heavy atom. The van der Waals surface area contributed by atoms with E-state index in [1.54, 1.807) is 18.2 Å². The highest BCUT2D eigenvalue weighted by Crippen LogP contribution is 2.39. The molecule has 4 N–H and O–H groups in total. The van der Waals surface area contributed by atoms with Crippen LogP contribution in [-0.4, -0.2) is 18.5 Å². The van der Waals surface area contributed by atoms with Gasteiger partial charge in [-0.1, -0.05) is 47.0 Å². The summed E-state index contributed by atoms with van der Waals surface area (Å²) in [5.41, 5.74) is 12.9. The quantitative estimate of drug-likeness (QED) is 0.375. The van der Waals surface area contributed by atoms with Crippen molar-refractivity contribution in [3.05, 3.63) is 86.4 Å². The molecule has 7 heteroatoms. The molecule has 0 aromatic heterocycles. The Kier molecular flexibility index (Phi) is 7.36. The van der Waals surface area contributed by atoms with Crippen molar-refractivity contribution in [3.8, 4) is 11.5 Å². The number of aryl methyl sites for hydroxylation is 3. The van der Waals surface area contributed by atoms with E-state index in [0.717, 1.165) is 40.9 Å². The molecular formula is C27H29Cl2N3O2. The summed E-state index contributed by atoms with van der Waals surface area (Å²) in [6.45, 7) is 6.95. The number of nitrogens with one attached hydrogen (secondary N) is 2. The lowest BCUT2D eigenvalue weighted by atomic mass is 9.93. The van der Waals surface area contributed by atoms with Crippen LogP contribution in [0, 0.1) is 20.8 Å². The lowest BCUT2D eigenvalue weighted by Gasteiger charge is -2.29. The molecule has 4 rings (SSSR count). The van der Waals surface area contributed by atoms with Crippen LogP contribution in [-0.2, 0) is 11.2 Å². The van der Waals surface area contributed by atoms with Gasteiger partial charge in [-0.3, -0.25) is 4.79 Å². The van der Waals surface area contributed by atoms with Gasteiger partial charge in [0.15, 0.2) is 5.75 Å². The van der Waals surface area contributed by atoms with E-state index in [4.69, 9.17) is 33.7 Å². The number of ether oxygens (including phenoxy) is 1. The molecule has 178 valence electrons. The second-order valence-corrected chi connectivity index (χ2v) is 9.68. The zero-order valence-electron chi connectivity index (χ0n) is 19.5. The van der Waals surface area contributed by atoms with Gasteiger partial charge in [0, 0.05) is 17.8 Å². The van der Waals surface area contributed by atoms with Gasteiger partial charge in [-0.05, 0) is 80.6 Å². The van der Waals surface area contributed by atoms with Gasteiger partial charge < -0.3 is 21.1 Å². The molecule has 0 bridgehead atoms. The fraction of sp³-hybridized carbons (Fsp3) is 0.296. The Morgan fingerprint density at radius 3 is 2.47 bits per heavy atom. The fourth-order valence-corrected chi connectivity index (χ4v) is 5.01. The van der Waals surface area contributed by atoms with Crippen molar-refractivity contribution in [1.29, 1.82) is 0 Å². The summed E-state index contributed by atoms with van der Waals surface area (Å²) in [5.74, 6) is 0.825. The van der Waals surface area contributed by atoms with Gasteiger partial charge in [0.2, 0.25) is 5.91 Å². The molecule has 0 saturated heterocycles. The van der Waals surface area contributed by atoms with Gasteiger partial charge in [-0.25, -0.2) is 0 Å². The maximum atomic E-state index is 13.1. The van der Waals surface area contributed by atoms with Gasteiger partial charge in [0.05, 0.1) is 22.1 Å². The van der Waals surface area contributed by atoms with Crippen LogP contribution >= 0.6 is 23.2 Å². The molecule has 3 aromatic carbocycles. The van der Waals surface area contributed by atoms with E-state index in [9.17, 15) is 4.79 Å². The molecule has 2 unspecified atom stereocenters. The number of anilines is 1. The molecule has 0 radical (unpaired) electrons. The molecule has 5 nitrogen and oxygen atoms in total. The minimum atomic E-state index is -0.639. The topological polar surface area (TPSA) is 76.4 Å². The normalized spacial score (nSPS) is 15.8. The van der Waals surface area contributed by atoms with Crippen molar-refractivity contribution in [2.24, 2.45) is 5.73 Å². The van der Waals surface area contributed by atoms with Crippen LogP contribution in [0.2, 0.25) is 10.0 Å². The van der Waals surface area contributed by atoms with E-state index in [-0.39, 0.29) is 11.9 Å². The smallest absolute Gasteiger partial charge is 0.237 e. The number of benzene rings is 3. The van der Waals surface area contributed by atoms with Crippen molar-refractivity contribution in [1.82, 2.24) is 5.32 Å². The molecule has 0 aliphatic carbocycles. The molecule has 3 aromatic rings. The number of amides is 1. The Bertz CT molecular complexity index is 1190. The molecule has 1 amide bonds. The summed E-state index contributed by atoms with van der Waals surface area (Å²) in [7, 11) is 0. The molecule has 1 aliphatic rings. The first-order valence-electron chi connectivity index (χ1n) is 11.4. The maximum absolute atomic E-state index is 13.1. The monoisotopic (exact) mass is 497 g/mol.